The third-order valence-electron chi connectivity index (χ3n) is 4.98. The zero-order chi connectivity index (χ0) is 34.9. The Balaban J connectivity index is 4.31. The maximum absolute atomic E-state index is 12.6. The van der Waals surface area contributed by atoms with Crippen LogP contribution in [0.4, 0.5) is 0 Å². The Morgan fingerprint density at radius 3 is 0.978 bits per heavy atom. The fourth-order valence-electron chi connectivity index (χ4n) is 3.48. The van der Waals surface area contributed by atoms with Crippen molar-refractivity contribution in [3.05, 3.63) is 0 Å². The monoisotopic (exact) mass is 648 g/mol. The van der Waals surface area contributed by atoms with Crippen molar-refractivity contribution >= 4 is 23.9 Å². The lowest BCUT2D eigenvalue weighted by molar-refractivity contribution is -0.164. The van der Waals surface area contributed by atoms with Crippen LogP contribution in [0.1, 0.15) is 95.9 Å². The van der Waals surface area contributed by atoms with E-state index in [1.807, 2.05) is 0 Å². The lowest BCUT2D eigenvalue weighted by atomic mass is 10.1. The minimum Gasteiger partial charge on any atom is -0.460 e. The number of esters is 4. The summed E-state index contributed by atoms with van der Waals surface area (Å²) in [6.07, 6.45) is -0.313. The second kappa shape index (κ2) is 20.0. The van der Waals surface area contributed by atoms with Crippen LogP contribution in [0.25, 0.3) is 0 Å². The number of hydrogen-bond donors (Lipinski definition) is 2. The first-order valence-corrected chi connectivity index (χ1v) is 15.6. The third kappa shape index (κ3) is 26.6. The molecule has 0 radical (unpaired) electrons. The SMILES string of the molecule is CC(C)(C)OC(=O)CC(NCCOCCOCCOCCNC(CC(=O)OC(C)(C)C)C(=O)OC(C)(C)C)C(=O)OC(C)(C)C. The second-order valence-electron chi connectivity index (χ2n) is 14.5. The molecule has 45 heavy (non-hydrogen) atoms. The van der Waals surface area contributed by atoms with Crippen LogP contribution in [0, 0.1) is 0 Å². The van der Waals surface area contributed by atoms with Crippen molar-refractivity contribution in [2.45, 2.75) is 130 Å². The van der Waals surface area contributed by atoms with Crippen LogP contribution in [-0.2, 0) is 52.3 Å². The van der Waals surface area contributed by atoms with Crippen LogP contribution in [0.15, 0.2) is 0 Å². The van der Waals surface area contributed by atoms with Crippen molar-refractivity contribution in [2.24, 2.45) is 0 Å². The Morgan fingerprint density at radius 1 is 0.444 bits per heavy atom. The van der Waals surface area contributed by atoms with Crippen molar-refractivity contribution in [3.8, 4) is 0 Å². The van der Waals surface area contributed by atoms with Crippen molar-refractivity contribution in [1.29, 1.82) is 0 Å². The van der Waals surface area contributed by atoms with Gasteiger partial charge in [-0.3, -0.25) is 19.2 Å². The molecule has 13 heteroatoms. The van der Waals surface area contributed by atoms with Gasteiger partial charge in [0.1, 0.15) is 34.5 Å². The van der Waals surface area contributed by atoms with Crippen molar-refractivity contribution in [3.63, 3.8) is 0 Å². The van der Waals surface area contributed by atoms with Gasteiger partial charge in [0.2, 0.25) is 0 Å². The van der Waals surface area contributed by atoms with Crippen LogP contribution in [0.3, 0.4) is 0 Å². The summed E-state index contributed by atoms with van der Waals surface area (Å²) >= 11 is 0. The maximum Gasteiger partial charge on any atom is 0.324 e. The molecule has 0 aromatic heterocycles. The molecule has 0 aliphatic carbocycles. The van der Waals surface area contributed by atoms with Crippen LogP contribution in [0.5, 0.6) is 0 Å². The van der Waals surface area contributed by atoms with E-state index in [1.54, 1.807) is 83.1 Å². The Morgan fingerprint density at radius 2 is 0.711 bits per heavy atom. The van der Waals surface area contributed by atoms with Gasteiger partial charge >= 0.3 is 23.9 Å². The van der Waals surface area contributed by atoms with Gasteiger partial charge in [0.05, 0.1) is 52.5 Å². The van der Waals surface area contributed by atoms with E-state index in [4.69, 9.17) is 33.2 Å². The van der Waals surface area contributed by atoms with Crippen LogP contribution >= 0.6 is 0 Å². The first-order chi connectivity index (χ1) is 20.5. The smallest absolute Gasteiger partial charge is 0.324 e. The molecule has 0 aliphatic rings. The molecule has 0 heterocycles. The number of carbonyl (C=O) groups is 4. The molecule has 0 aromatic rings. The zero-order valence-corrected chi connectivity index (χ0v) is 29.7. The van der Waals surface area contributed by atoms with Gasteiger partial charge in [-0.05, 0) is 83.1 Å². The zero-order valence-electron chi connectivity index (χ0n) is 29.7. The molecular formula is C32H60N2O11. The average molecular weight is 649 g/mol. The lowest BCUT2D eigenvalue weighted by Gasteiger charge is -2.25. The highest BCUT2D eigenvalue weighted by molar-refractivity contribution is 5.83. The quantitative estimate of drug-likeness (QED) is 0.113. The maximum atomic E-state index is 12.6. The van der Waals surface area contributed by atoms with E-state index in [9.17, 15) is 19.2 Å². The molecule has 13 nitrogen and oxygen atoms in total. The number of rotatable bonds is 20. The van der Waals surface area contributed by atoms with Gasteiger partial charge in [-0.15, -0.1) is 0 Å². The topological polar surface area (TPSA) is 157 Å². The molecule has 264 valence electrons. The Hall–Kier alpha value is -2.32. The van der Waals surface area contributed by atoms with E-state index in [-0.39, 0.29) is 12.8 Å². The number of nitrogens with one attached hydrogen (secondary N) is 2. The molecule has 0 saturated heterocycles. The van der Waals surface area contributed by atoms with Gasteiger partial charge < -0.3 is 43.8 Å². The largest absolute Gasteiger partial charge is 0.460 e. The number of carbonyl (C=O) groups excluding carboxylic acids is 4. The first kappa shape index (κ1) is 42.7. The van der Waals surface area contributed by atoms with Crippen molar-refractivity contribution in [1.82, 2.24) is 10.6 Å². The Bertz CT molecular complexity index is 825. The minimum atomic E-state index is -0.859. The number of ether oxygens (including phenoxy) is 7. The molecule has 2 N–H and O–H groups in total. The Labute approximate surface area is 270 Å². The molecule has 2 atom stereocenters. The summed E-state index contributed by atoms with van der Waals surface area (Å²) in [5.74, 6) is -2.06. The fraction of sp³-hybridized carbons (Fsp3) is 0.875. The molecule has 0 saturated carbocycles. The molecule has 0 spiro atoms. The highest BCUT2D eigenvalue weighted by Gasteiger charge is 2.30. The Kier molecular flexibility index (Phi) is 19.0. The molecule has 0 amide bonds. The molecule has 0 aliphatic heterocycles. The van der Waals surface area contributed by atoms with E-state index < -0.39 is 58.4 Å². The van der Waals surface area contributed by atoms with Gasteiger partial charge in [0.25, 0.3) is 0 Å². The predicted molar refractivity (Wildman–Crippen MR) is 169 cm³/mol. The molecule has 2 unspecified atom stereocenters. The predicted octanol–water partition coefficient (Wildman–Crippen LogP) is 3.10. The van der Waals surface area contributed by atoms with E-state index in [1.165, 1.54) is 0 Å². The number of hydrogen-bond acceptors (Lipinski definition) is 13. The molecular weight excluding hydrogens is 588 g/mol. The highest BCUT2D eigenvalue weighted by Crippen LogP contribution is 2.14. The normalized spacial score (nSPS) is 14.0. The van der Waals surface area contributed by atoms with Gasteiger partial charge in [0.15, 0.2) is 0 Å². The second-order valence-corrected chi connectivity index (χ2v) is 14.5. The summed E-state index contributed by atoms with van der Waals surface area (Å²) in [5, 5.41) is 6.03. The minimum absolute atomic E-state index is 0.157. The standard InChI is InChI=1S/C32H60N2O11/c1-29(2,3)42-25(35)21-23(27(37)44-31(7,8)9)33-13-15-39-17-19-41-20-18-40-16-14-34-24(28(38)45-32(10,11)12)22-26(36)43-30(4,5)6/h23-24,33-34H,13-22H2,1-12H3. The van der Waals surface area contributed by atoms with Crippen molar-refractivity contribution < 1.29 is 52.3 Å². The van der Waals surface area contributed by atoms with Crippen LogP contribution < -0.4 is 10.6 Å². The summed E-state index contributed by atoms with van der Waals surface area (Å²) in [4.78, 5) is 49.7. The van der Waals surface area contributed by atoms with Gasteiger partial charge in [0, 0.05) is 13.1 Å². The summed E-state index contributed by atoms with van der Waals surface area (Å²) in [6.45, 7) is 23.7. The van der Waals surface area contributed by atoms with Crippen LogP contribution in [-0.4, -0.2) is 111 Å². The fourth-order valence-corrected chi connectivity index (χ4v) is 3.48. The van der Waals surface area contributed by atoms with Crippen LogP contribution in [0.2, 0.25) is 0 Å². The summed E-state index contributed by atoms with van der Waals surface area (Å²) in [5.41, 5.74) is -2.70. The first-order valence-electron chi connectivity index (χ1n) is 15.6. The van der Waals surface area contributed by atoms with E-state index in [0.717, 1.165) is 0 Å². The van der Waals surface area contributed by atoms with Gasteiger partial charge in [-0.2, -0.15) is 0 Å². The van der Waals surface area contributed by atoms with E-state index >= 15 is 0 Å². The average Bonchev–Trinajstić information content (AvgIpc) is 2.80. The third-order valence-corrected chi connectivity index (χ3v) is 4.98. The molecule has 0 aromatic carbocycles. The van der Waals surface area contributed by atoms with E-state index in [2.05, 4.69) is 10.6 Å². The summed E-state index contributed by atoms with van der Waals surface area (Å²) in [7, 11) is 0. The lowest BCUT2D eigenvalue weighted by Crippen LogP contribution is -2.44. The highest BCUT2D eigenvalue weighted by atomic mass is 16.6. The molecule has 0 fully saturated rings. The molecule has 0 bridgehead atoms. The van der Waals surface area contributed by atoms with E-state index in [0.29, 0.717) is 52.7 Å². The summed E-state index contributed by atoms with van der Waals surface area (Å²) < 4.78 is 38.2. The summed E-state index contributed by atoms with van der Waals surface area (Å²) in [6, 6.07) is -1.72. The van der Waals surface area contributed by atoms with Gasteiger partial charge in [-0.1, -0.05) is 0 Å². The molecule has 0 rings (SSSR count). The van der Waals surface area contributed by atoms with Crippen molar-refractivity contribution in [2.75, 3.05) is 52.7 Å². The van der Waals surface area contributed by atoms with Gasteiger partial charge in [-0.25, -0.2) is 0 Å².